The molecular formula is C16H25N3O2. The van der Waals surface area contributed by atoms with Crippen molar-refractivity contribution >= 4 is 0 Å². The Morgan fingerprint density at radius 2 is 1.86 bits per heavy atom. The first-order chi connectivity index (χ1) is 10.3. The number of methoxy groups -OCH3 is 2. The predicted molar refractivity (Wildman–Crippen MR) is 83.1 cm³/mol. The fourth-order valence-corrected chi connectivity index (χ4v) is 3.06. The van der Waals surface area contributed by atoms with Gasteiger partial charge in [0.25, 0.3) is 0 Å². The second-order valence-electron chi connectivity index (χ2n) is 5.80. The van der Waals surface area contributed by atoms with Crippen LogP contribution in [0.2, 0.25) is 0 Å². The molecule has 0 amide bonds. The van der Waals surface area contributed by atoms with E-state index in [4.69, 9.17) is 9.47 Å². The predicted octanol–water partition coefficient (Wildman–Crippen LogP) is 0.793. The Morgan fingerprint density at radius 3 is 2.43 bits per heavy atom. The monoisotopic (exact) mass is 291 g/mol. The van der Waals surface area contributed by atoms with E-state index < -0.39 is 0 Å². The molecule has 2 saturated heterocycles. The van der Waals surface area contributed by atoms with E-state index in [1.54, 1.807) is 14.2 Å². The van der Waals surface area contributed by atoms with Crippen molar-refractivity contribution in [1.29, 1.82) is 0 Å². The van der Waals surface area contributed by atoms with Gasteiger partial charge in [-0.05, 0) is 18.2 Å². The van der Waals surface area contributed by atoms with Crippen LogP contribution in [0.4, 0.5) is 0 Å². The van der Waals surface area contributed by atoms with E-state index in [-0.39, 0.29) is 0 Å². The molecule has 0 unspecified atom stereocenters. The third kappa shape index (κ3) is 3.31. The van der Waals surface area contributed by atoms with Crippen molar-refractivity contribution < 1.29 is 9.47 Å². The third-order valence-corrected chi connectivity index (χ3v) is 4.56. The zero-order valence-electron chi connectivity index (χ0n) is 13.0. The van der Waals surface area contributed by atoms with Gasteiger partial charge in [0.15, 0.2) is 0 Å². The van der Waals surface area contributed by atoms with Crippen molar-refractivity contribution in [2.75, 3.05) is 53.5 Å². The Morgan fingerprint density at radius 1 is 1.10 bits per heavy atom. The molecule has 0 bridgehead atoms. The Kier molecular flexibility index (Phi) is 4.63. The van der Waals surface area contributed by atoms with Gasteiger partial charge in [-0.1, -0.05) is 0 Å². The summed E-state index contributed by atoms with van der Waals surface area (Å²) in [5, 5.41) is 3.35. The molecule has 1 aromatic rings. The van der Waals surface area contributed by atoms with Crippen LogP contribution in [0.5, 0.6) is 11.5 Å². The molecule has 1 aromatic carbocycles. The minimum atomic E-state index is 0.763. The van der Waals surface area contributed by atoms with Crippen LogP contribution in [0.3, 0.4) is 0 Å². The van der Waals surface area contributed by atoms with Gasteiger partial charge in [0.05, 0.1) is 14.2 Å². The number of rotatable bonds is 5. The lowest BCUT2D eigenvalue weighted by Crippen LogP contribution is -2.61. The molecule has 116 valence electrons. The van der Waals surface area contributed by atoms with Gasteiger partial charge in [-0.3, -0.25) is 9.80 Å². The van der Waals surface area contributed by atoms with Crippen LogP contribution in [0.1, 0.15) is 5.56 Å². The molecule has 0 saturated carbocycles. The molecule has 0 atom stereocenters. The highest BCUT2D eigenvalue weighted by Gasteiger charge is 2.27. The van der Waals surface area contributed by atoms with Crippen molar-refractivity contribution in [2.45, 2.75) is 12.6 Å². The van der Waals surface area contributed by atoms with Gasteiger partial charge in [-0.2, -0.15) is 0 Å². The lowest BCUT2D eigenvalue weighted by molar-refractivity contribution is 0.0692. The molecule has 0 aromatic heterocycles. The summed E-state index contributed by atoms with van der Waals surface area (Å²) in [4.78, 5) is 5.11. The molecule has 2 fully saturated rings. The Balaban J connectivity index is 1.59. The molecule has 2 aliphatic rings. The highest BCUT2D eigenvalue weighted by Crippen LogP contribution is 2.25. The lowest BCUT2D eigenvalue weighted by Gasteiger charge is -2.43. The summed E-state index contributed by atoms with van der Waals surface area (Å²) in [5.74, 6) is 1.84. The number of ether oxygens (including phenoxy) is 2. The van der Waals surface area contributed by atoms with E-state index in [0.717, 1.165) is 50.3 Å². The normalized spacial score (nSPS) is 21.0. The molecule has 1 N–H and O–H groups in total. The first kappa shape index (κ1) is 14.6. The molecule has 0 aliphatic carbocycles. The van der Waals surface area contributed by atoms with Gasteiger partial charge in [-0.25, -0.2) is 0 Å². The molecule has 3 rings (SSSR count). The standard InChI is InChI=1S/C16H25N3O2/c1-20-15-3-4-16(21-2)13(9-15)12-18-5-7-19(8-6-18)14-10-17-11-14/h3-4,9,14,17H,5-8,10-12H2,1-2H3. The number of hydrogen-bond acceptors (Lipinski definition) is 5. The van der Waals surface area contributed by atoms with Gasteiger partial charge in [-0.15, -0.1) is 0 Å². The summed E-state index contributed by atoms with van der Waals surface area (Å²) in [6.07, 6.45) is 0. The first-order valence-corrected chi connectivity index (χ1v) is 7.68. The second-order valence-corrected chi connectivity index (χ2v) is 5.80. The fourth-order valence-electron chi connectivity index (χ4n) is 3.06. The van der Waals surface area contributed by atoms with Gasteiger partial charge >= 0.3 is 0 Å². The highest BCUT2D eigenvalue weighted by molar-refractivity contribution is 5.40. The van der Waals surface area contributed by atoms with E-state index in [1.807, 2.05) is 12.1 Å². The Hall–Kier alpha value is -1.30. The van der Waals surface area contributed by atoms with Gasteiger partial charge in [0.1, 0.15) is 11.5 Å². The first-order valence-electron chi connectivity index (χ1n) is 7.68. The smallest absolute Gasteiger partial charge is 0.123 e. The van der Waals surface area contributed by atoms with Crippen LogP contribution in [-0.4, -0.2) is 69.3 Å². The minimum absolute atomic E-state index is 0.763. The molecule has 21 heavy (non-hydrogen) atoms. The van der Waals surface area contributed by atoms with E-state index in [0.29, 0.717) is 0 Å². The van der Waals surface area contributed by atoms with E-state index in [1.165, 1.54) is 18.7 Å². The van der Waals surface area contributed by atoms with Crippen LogP contribution in [0, 0.1) is 0 Å². The van der Waals surface area contributed by atoms with Crippen LogP contribution in [0.25, 0.3) is 0 Å². The van der Waals surface area contributed by atoms with Crippen LogP contribution in [0.15, 0.2) is 18.2 Å². The summed E-state index contributed by atoms with van der Waals surface area (Å²) in [5.41, 5.74) is 1.20. The van der Waals surface area contributed by atoms with Crippen LogP contribution >= 0.6 is 0 Å². The largest absolute Gasteiger partial charge is 0.497 e. The zero-order chi connectivity index (χ0) is 14.7. The van der Waals surface area contributed by atoms with Crippen molar-refractivity contribution in [3.05, 3.63) is 23.8 Å². The quantitative estimate of drug-likeness (QED) is 0.868. The maximum atomic E-state index is 5.47. The molecule has 2 heterocycles. The lowest BCUT2D eigenvalue weighted by atomic mass is 10.1. The molecule has 0 spiro atoms. The van der Waals surface area contributed by atoms with Crippen molar-refractivity contribution in [1.82, 2.24) is 15.1 Å². The van der Waals surface area contributed by atoms with Crippen LogP contribution < -0.4 is 14.8 Å². The van der Waals surface area contributed by atoms with Crippen molar-refractivity contribution in [2.24, 2.45) is 0 Å². The van der Waals surface area contributed by atoms with Gasteiger partial charge in [0.2, 0.25) is 0 Å². The number of hydrogen-bond donors (Lipinski definition) is 1. The molecule has 5 nitrogen and oxygen atoms in total. The fraction of sp³-hybridized carbons (Fsp3) is 0.625. The maximum Gasteiger partial charge on any atom is 0.123 e. The van der Waals surface area contributed by atoms with E-state index >= 15 is 0 Å². The van der Waals surface area contributed by atoms with Crippen molar-refractivity contribution in [3.63, 3.8) is 0 Å². The van der Waals surface area contributed by atoms with Gasteiger partial charge in [0, 0.05) is 57.4 Å². The Bertz CT molecular complexity index is 469. The number of piperazine rings is 1. The third-order valence-electron chi connectivity index (χ3n) is 4.56. The average molecular weight is 291 g/mol. The van der Waals surface area contributed by atoms with Crippen molar-refractivity contribution in [3.8, 4) is 11.5 Å². The number of nitrogens with zero attached hydrogens (tertiary/aromatic N) is 2. The summed E-state index contributed by atoms with van der Waals surface area (Å²) in [6.45, 7) is 7.82. The summed E-state index contributed by atoms with van der Waals surface area (Å²) in [6, 6.07) is 6.79. The molecular weight excluding hydrogens is 266 g/mol. The Labute approximate surface area is 126 Å². The highest BCUT2D eigenvalue weighted by atomic mass is 16.5. The number of nitrogens with one attached hydrogen (secondary N) is 1. The molecule has 0 radical (unpaired) electrons. The van der Waals surface area contributed by atoms with E-state index in [9.17, 15) is 0 Å². The van der Waals surface area contributed by atoms with Gasteiger partial charge < -0.3 is 14.8 Å². The van der Waals surface area contributed by atoms with E-state index in [2.05, 4.69) is 21.2 Å². The van der Waals surface area contributed by atoms with Crippen LogP contribution in [-0.2, 0) is 6.54 Å². The zero-order valence-corrected chi connectivity index (χ0v) is 13.0. The maximum absolute atomic E-state index is 5.47. The molecule has 5 heteroatoms. The second kappa shape index (κ2) is 6.64. The number of benzene rings is 1. The summed E-state index contributed by atoms with van der Waals surface area (Å²) in [7, 11) is 3.43. The molecule has 2 aliphatic heterocycles. The summed E-state index contributed by atoms with van der Waals surface area (Å²) < 4.78 is 10.8. The SMILES string of the molecule is COc1ccc(OC)c(CN2CCN(C3CNC3)CC2)c1. The average Bonchev–Trinajstić information content (AvgIpc) is 2.47. The summed E-state index contributed by atoms with van der Waals surface area (Å²) >= 11 is 0. The minimum Gasteiger partial charge on any atom is -0.497 e. The topological polar surface area (TPSA) is 37.0 Å².